The molecule has 1 aliphatic carbocycles. The van der Waals surface area contributed by atoms with E-state index in [0.717, 1.165) is 48.2 Å². The first-order valence-electron chi connectivity index (χ1n) is 10.1. The molecule has 0 atom stereocenters. The van der Waals surface area contributed by atoms with Crippen molar-refractivity contribution < 1.29 is 14.3 Å². The van der Waals surface area contributed by atoms with E-state index in [2.05, 4.69) is 27.4 Å². The van der Waals surface area contributed by atoms with Crippen LogP contribution in [0.15, 0.2) is 48.7 Å². The summed E-state index contributed by atoms with van der Waals surface area (Å²) in [6, 6.07) is 13.7. The van der Waals surface area contributed by atoms with Gasteiger partial charge in [-0.25, -0.2) is 4.98 Å². The Morgan fingerprint density at radius 3 is 2.59 bits per heavy atom. The quantitative estimate of drug-likeness (QED) is 0.737. The number of carbonyl (C=O) groups is 1. The van der Waals surface area contributed by atoms with Gasteiger partial charge in [0.2, 0.25) is 0 Å². The van der Waals surface area contributed by atoms with Gasteiger partial charge in [-0.05, 0) is 42.7 Å². The number of carbonyl (C=O) groups excluding carboxylic acids is 1. The van der Waals surface area contributed by atoms with Gasteiger partial charge >= 0.3 is 0 Å². The molecule has 1 amide bonds. The molecule has 1 aromatic heterocycles. The molecule has 1 N–H and O–H groups in total. The van der Waals surface area contributed by atoms with Gasteiger partial charge in [-0.1, -0.05) is 31.0 Å². The van der Waals surface area contributed by atoms with Gasteiger partial charge in [-0.15, -0.1) is 0 Å². The molecule has 1 aliphatic heterocycles. The van der Waals surface area contributed by atoms with E-state index in [1.54, 1.807) is 6.20 Å². The van der Waals surface area contributed by atoms with Crippen LogP contribution in [0.1, 0.15) is 41.7 Å². The standard InChI is InChI=1S/C23H23N3O3/c27-22(19-14-24-17-5-1-2-6-18(17)26-19)25-15-23(9-3-4-10-23)16-7-8-20-21(13-16)29-12-11-28-20/h1-2,5-8,13-14H,3-4,9-12,15H2,(H,25,27). The Labute approximate surface area is 169 Å². The summed E-state index contributed by atoms with van der Waals surface area (Å²) in [6.45, 7) is 1.72. The molecule has 29 heavy (non-hydrogen) atoms. The van der Waals surface area contributed by atoms with Crippen molar-refractivity contribution in [1.29, 1.82) is 0 Å². The van der Waals surface area contributed by atoms with Crippen LogP contribution in [0.25, 0.3) is 11.0 Å². The zero-order valence-corrected chi connectivity index (χ0v) is 16.2. The fourth-order valence-electron chi connectivity index (χ4n) is 4.40. The normalized spacial score (nSPS) is 17.2. The molecule has 5 rings (SSSR count). The number of rotatable bonds is 4. The molecule has 2 aliphatic rings. The Hall–Kier alpha value is -3.15. The highest BCUT2D eigenvalue weighted by Gasteiger charge is 2.37. The Bertz CT molecular complexity index is 1060. The minimum atomic E-state index is -0.188. The third-order valence-corrected chi connectivity index (χ3v) is 5.98. The van der Waals surface area contributed by atoms with Crippen LogP contribution in [0.3, 0.4) is 0 Å². The number of hydrogen-bond acceptors (Lipinski definition) is 5. The van der Waals surface area contributed by atoms with Gasteiger partial charge < -0.3 is 14.8 Å². The molecule has 6 heteroatoms. The zero-order chi connectivity index (χ0) is 19.7. The lowest BCUT2D eigenvalue weighted by atomic mass is 9.78. The second-order valence-electron chi connectivity index (χ2n) is 7.77. The summed E-state index contributed by atoms with van der Waals surface area (Å²) in [7, 11) is 0. The number of para-hydroxylation sites is 2. The molecule has 1 saturated carbocycles. The largest absolute Gasteiger partial charge is 0.486 e. The van der Waals surface area contributed by atoms with Gasteiger partial charge in [0, 0.05) is 12.0 Å². The van der Waals surface area contributed by atoms with Crippen molar-refractivity contribution in [2.75, 3.05) is 19.8 Å². The van der Waals surface area contributed by atoms with Crippen molar-refractivity contribution in [3.05, 3.63) is 59.9 Å². The van der Waals surface area contributed by atoms with E-state index in [4.69, 9.17) is 9.47 Å². The van der Waals surface area contributed by atoms with Crippen molar-refractivity contribution in [1.82, 2.24) is 15.3 Å². The van der Waals surface area contributed by atoms with Crippen LogP contribution >= 0.6 is 0 Å². The molecule has 2 heterocycles. The second kappa shape index (κ2) is 7.35. The summed E-state index contributed by atoms with van der Waals surface area (Å²) in [4.78, 5) is 21.6. The van der Waals surface area contributed by atoms with Crippen molar-refractivity contribution in [3.63, 3.8) is 0 Å². The van der Waals surface area contributed by atoms with E-state index >= 15 is 0 Å². The van der Waals surface area contributed by atoms with Crippen LogP contribution < -0.4 is 14.8 Å². The zero-order valence-electron chi connectivity index (χ0n) is 16.2. The fourth-order valence-corrected chi connectivity index (χ4v) is 4.40. The Balaban J connectivity index is 1.37. The topological polar surface area (TPSA) is 73.3 Å². The lowest BCUT2D eigenvalue weighted by Gasteiger charge is -2.31. The first-order valence-corrected chi connectivity index (χ1v) is 10.1. The minimum absolute atomic E-state index is 0.0875. The molecule has 1 fully saturated rings. The highest BCUT2D eigenvalue weighted by molar-refractivity contribution is 5.93. The maximum absolute atomic E-state index is 12.8. The van der Waals surface area contributed by atoms with Crippen molar-refractivity contribution in [3.8, 4) is 11.5 Å². The molecular weight excluding hydrogens is 366 g/mol. The lowest BCUT2D eigenvalue weighted by molar-refractivity contribution is 0.0938. The van der Waals surface area contributed by atoms with Crippen LogP contribution in [-0.4, -0.2) is 35.6 Å². The third-order valence-electron chi connectivity index (χ3n) is 5.98. The number of amides is 1. The van der Waals surface area contributed by atoms with Crippen molar-refractivity contribution in [2.45, 2.75) is 31.1 Å². The van der Waals surface area contributed by atoms with Crippen molar-refractivity contribution in [2.24, 2.45) is 0 Å². The van der Waals surface area contributed by atoms with E-state index < -0.39 is 0 Å². The maximum atomic E-state index is 12.8. The fraction of sp³-hybridized carbons (Fsp3) is 0.348. The average molecular weight is 389 g/mol. The smallest absolute Gasteiger partial charge is 0.271 e. The number of fused-ring (bicyclic) bond motifs is 2. The van der Waals surface area contributed by atoms with Crippen LogP contribution in [0.5, 0.6) is 11.5 Å². The molecule has 3 aromatic rings. The lowest BCUT2D eigenvalue weighted by Crippen LogP contribution is -2.39. The number of benzene rings is 2. The minimum Gasteiger partial charge on any atom is -0.486 e. The molecule has 0 radical (unpaired) electrons. The second-order valence-corrected chi connectivity index (χ2v) is 7.77. The molecule has 2 aromatic carbocycles. The van der Waals surface area contributed by atoms with Gasteiger partial charge in [-0.2, -0.15) is 0 Å². The van der Waals surface area contributed by atoms with E-state index in [1.165, 1.54) is 5.56 Å². The Kier molecular flexibility index (Phi) is 4.54. The van der Waals surface area contributed by atoms with E-state index in [0.29, 0.717) is 25.5 Å². The van der Waals surface area contributed by atoms with Crippen LogP contribution in [0.2, 0.25) is 0 Å². The predicted molar refractivity (Wildman–Crippen MR) is 109 cm³/mol. The van der Waals surface area contributed by atoms with E-state index in [9.17, 15) is 4.79 Å². The highest BCUT2D eigenvalue weighted by Crippen LogP contribution is 2.43. The summed E-state index contributed by atoms with van der Waals surface area (Å²) in [6.07, 6.45) is 5.93. The SMILES string of the molecule is O=C(NCC1(c2ccc3c(c2)OCCO3)CCCC1)c1cnc2ccccc2n1. The number of hydrogen-bond donors (Lipinski definition) is 1. The van der Waals surface area contributed by atoms with Gasteiger partial charge in [0.05, 0.1) is 17.2 Å². The van der Waals surface area contributed by atoms with Gasteiger partial charge in [0.1, 0.15) is 18.9 Å². The highest BCUT2D eigenvalue weighted by atomic mass is 16.6. The summed E-state index contributed by atoms with van der Waals surface area (Å²) in [5, 5.41) is 3.11. The van der Waals surface area contributed by atoms with Crippen LogP contribution in [0, 0.1) is 0 Å². The van der Waals surface area contributed by atoms with Gasteiger partial charge in [-0.3, -0.25) is 9.78 Å². The summed E-state index contributed by atoms with van der Waals surface area (Å²) < 4.78 is 11.4. The Morgan fingerprint density at radius 1 is 1.00 bits per heavy atom. The average Bonchev–Trinajstić information content (AvgIpc) is 3.27. The molecule has 148 valence electrons. The third kappa shape index (κ3) is 3.39. The summed E-state index contributed by atoms with van der Waals surface area (Å²) in [5.74, 6) is 1.41. The summed E-state index contributed by atoms with van der Waals surface area (Å²) >= 11 is 0. The van der Waals surface area contributed by atoms with Crippen LogP contribution in [-0.2, 0) is 5.41 Å². The number of nitrogens with zero attached hydrogens (tertiary/aromatic N) is 2. The molecule has 0 saturated heterocycles. The molecule has 6 nitrogen and oxygen atoms in total. The molecule has 0 unspecified atom stereocenters. The maximum Gasteiger partial charge on any atom is 0.271 e. The Morgan fingerprint density at radius 2 is 1.76 bits per heavy atom. The van der Waals surface area contributed by atoms with Crippen LogP contribution in [0.4, 0.5) is 0 Å². The number of ether oxygens (including phenoxy) is 2. The van der Waals surface area contributed by atoms with Crippen molar-refractivity contribution >= 4 is 16.9 Å². The number of nitrogens with one attached hydrogen (secondary N) is 1. The van der Waals surface area contributed by atoms with E-state index in [1.807, 2.05) is 30.3 Å². The van der Waals surface area contributed by atoms with Gasteiger partial charge in [0.15, 0.2) is 11.5 Å². The van der Waals surface area contributed by atoms with E-state index in [-0.39, 0.29) is 11.3 Å². The summed E-state index contributed by atoms with van der Waals surface area (Å²) in [5.41, 5.74) is 2.97. The monoisotopic (exact) mass is 389 g/mol. The molecular formula is C23H23N3O3. The first kappa shape index (κ1) is 17.9. The van der Waals surface area contributed by atoms with Gasteiger partial charge in [0.25, 0.3) is 5.91 Å². The molecule has 0 spiro atoms. The molecule has 0 bridgehead atoms. The predicted octanol–water partition coefficient (Wildman–Crippen LogP) is 3.64. The number of aromatic nitrogens is 2. The first-order chi connectivity index (χ1) is 14.2.